The van der Waals surface area contributed by atoms with Crippen LogP contribution in [0.4, 0.5) is 14.6 Å². The van der Waals surface area contributed by atoms with Gasteiger partial charge in [-0.2, -0.15) is 0 Å². The Kier molecular flexibility index (Phi) is 4.20. The first-order valence-corrected chi connectivity index (χ1v) is 4.58. The lowest BCUT2D eigenvalue weighted by Gasteiger charge is -2.09. The summed E-state index contributed by atoms with van der Waals surface area (Å²) in [5.41, 5.74) is 0. The smallest absolute Gasteiger partial charge is 0.255 e. The molecule has 1 aromatic rings. The molecule has 0 aromatic carbocycles. The summed E-state index contributed by atoms with van der Waals surface area (Å²) in [7, 11) is 0. The van der Waals surface area contributed by atoms with Gasteiger partial charge in [0.15, 0.2) is 0 Å². The Morgan fingerprint density at radius 2 is 2.13 bits per heavy atom. The summed E-state index contributed by atoms with van der Waals surface area (Å²) in [6, 6.07) is 1.49. The fraction of sp³-hybridized carbons (Fsp3) is 0.556. The first-order valence-electron chi connectivity index (χ1n) is 4.58. The molecular formula is C9H13F2N3O. The molecule has 1 aromatic heterocycles. The third-order valence-electron chi connectivity index (χ3n) is 1.44. The number of ether oxygens (including phenoxy) is 1. The van der Waals surface area contributed by atoms with Crippen LogP contribution in [0.1, 0.15) is 13.8 Å². The van der Waals surface area contributed by atoms with E-state index in [9.17, 15) is 8.78 Å². The largest absolute Gasteiger partial charge is 0.475 e. The maximum absolute atomic E-state index is 11.9. The number of nitrogens with zero attached hydrogens (tertiary/aromatic N) is 2. The second-order valence-electron chi connectivity index (χ2n) is 3.18. The Labute approximate surface area is 86.7 Å². The fourth-order valence-electron chi connectivity index (χ4n) is 0.924. The van der Waals surface area contributed by atoms with Crippen molar-refractivity contribution < 1.29 is 13.5 Å². The zero-order valence-electron chi connectivity index (χ0n) is 8.58. The highest BCUT2D eigenvalue weighted by Gasteiger charge is 2.04. The van der Waals surface area contributed by atoms with E-state index in [2.05, 4.69) is 15.3 Å². The van der Waals surface area contributed by atoms with Gasteiger partial charge >= 0.3 is 0 Å². The topological polar surface area (TPSA) is 47.0 Å². The second-order valence-corrected chi connectivity index (χ2v) is 3.18. The molecule has 4 nitrogen and oxygen atoms in total. The van der Waals surface area contributed by atoms with Crippen molar-refractivity contribution in [1.29, 1.82) is 0 Å². The predicted octanol–water partition coefficient (Wildman–Crippen LogP) is 1.94. The first kappa shape index (κ1) is 11.6. The van der Waals surface area contributed by atoms with Crippen LogP contribution in [0.3, 0.4) is 0 Å². The number of hydrogen-bond acceptors (Lipinski definition) is 4. The third kappa shape index (κ3) is 4.53. The van der Waals surface area contributed by atoms with Crippen LogP contribution < -0.4 is 10.1 Å². The molecule has 0 aliphatic heterocycles. The van der Waals surface area contributed by atoms with Gasteiger partial charge in [0.1, 0.15) is 12.1 Å². The number of hydrogen-bond donors (Lipinski definition) is 1. The number of nitrogens with one attached hydrogen (secondary N) is 1. The minimum absolute atomic E-state index is 0.0113. The van der Waals surface area contributed by atoms with Crippen LogP contribution in [0.5, 0.6) is 5.88 Å². The normalized spacial score (nSPS) is 10.8. The summed E-state index contributed by atoms with van der Waals surface area (Å²) in [4.78, 5) is 7.63. The van der Waals surface area contributed by atoms with Crippen molar-refractivity contribution in [3.8, 4) is 5.88 Å². The van der Waals surface area contributed by atoms with E-state index in [1.165, 1.54) is 12.4 Å². The fourth-order valence-corrected chi connectivity index (χ4v) is 0.924. The maximum Gasteiger partial charge on any atom is 0.255 e. The molecule has 0 atom stereocenters. The van der Waals surface area contributed by atoms with Gasteiger partial charge in [-0.1, -0.05) is 0 Å². The van der Waals surface area contributed by atoms with Gasteiger partial charge in [0.25, 0.3) is 6.43 Å². The van der Waals surface area contributed by atoms with Crippen LogP contribution in [-0.4, -0.2) is 29.0 Å². The van der Waals surface area contributed by atoms with Crippen LogP contribution in [0.2, 0.25) is 0 Å². The lowest BCUT2D eigenvalue weighted by atomic mass is 10.4. The lowest BCUT2D eigenvalue weighted by molar-refractivity contribution is 0.163. The average Bonchev–Trinajstić information content (AvgIpc) is 2.14. The Balaban J connectivity index is 2.57. The number of alkyl halides is 2. The van der Waals surface area contributed by atoms with E-state index in [4.69, 9.17) is 4.74 Å². The maximum atomic E-state index is 11.9. The zero-order valence-corrected chi connectivity index (χ0v) is 8.58. The average molecular weight is 217 g/mol. The van der Waals surface area contributed by atoms with E-state index in [-0.39, 0.29) is 6.10 Å². The summed E-state index contributed by atoms with van der Waals surface area (Å²) in [6.45, 7) is 3.28. The van der Waals surface area contributed by atoms with Crippen molar-refractivity contribution >= 4 is 5.82 Å². The minimum atomic E-state index is -2.41. The van der Waals surface area contributed by atoms with Crippen LogP contribution >= 0.6 is 0 Å². The standard InChI is InChI=1S/C9H13F2N3O/c1-6(2)15-9-3-8(13-5-14-9)12-4-7(10)11/h3,5-7H,4H2,1-2H3,(H,12,13,14). The van der Waals surface area contributed by atoms with Gasteiger partial charge < -0.3 is 10.1 Å². The number of halogens is 2. The van der Waals surface area contributed by atoms with Crippen molar-refractivity contribution in [2.24, 2.45) is 0 Å². The molecule has 0 unspecified atom stereocenters. The van der Waals surface area contributed by atoms with Gasteiger partial charge in [-0.3, -0.25) is 0 Å². The summed E-state index contributed by atoms with van der Waals surface area (Å²) >= 11 is 0. The molecule has 0 bridgehead atoms. The van der Waals surface area contributed by atoms with Gasteiger partial charge in [-0.15, -0.1) is 0 Å². The van der Waals surface area contributed by atoms with Gasteiger partial charge in [0, 0.05) is 6.07 Å². The molecule has 0 amide bonds. The molecule has 0 aliphatic rings. The van der Waals surface area contributed by atoms with Crippen molar-refractivity contribution in [2.45, 2.75) is 26.4 Å². The molecule has 0 fully saturated rings. The predicted molar refractivity (Wildman–Crippen MR) is 52.3 cm³/mol. The van der Waals surface area contributed by atoms with Crippen LogP contribution in [-0.2, 0) is 0 Å². The molecule has 1 heterocycles. The lowest BCUT2D eigenvalue weighted by Crippen LogP contribution is -2.12. The van der Waals surface area contributed by atoms with Crippen LogP contribution in [0.15, 0.2) is 12.4 Å². The summed E-state index contributed by atoms with van der Waals surface area (Å²) in [5.74, 6) is 0.706. The summed E-state index contributed by atoms with van der Waals surface area (Å²) in [6.07, 6.45) is -1.15. The third-order valence-corrected chi connectivity index (χ3v) is 1.44. The Morgan fingerprint density at radius 3 is 2.73 bits per heavy atom. The van der Waals surface area contributed by atoms with Gasteiger partial charge in [-0.05, 0) is 13.8 Å². The monoisotopic (exact) mass is 217 g/mol. The molecule has 0 radical (unpaired) electrons. The SMILES string of the molecule is CC(C)Oc1cc(NCC(F)F)ncn1. The number of rotatable bonds is 5. The van der Waals surface area contributed by atoms with Gasteiger partial charge in [0.05, 0.1) is 12.6 Å². The van der Waals surface area contributed by atoms with E-state index in [1.807, 2.05) is 13.8 Å². The summed E-state index contributed by atoms with van der Waals surface area (Å²) < 4.78 is 29.1. The van der Waals surface area contributed by atoms with Gasteiger partial charge in [-0.25, -0.2) is 18.7 Å². The van der Waals surface area contributed by atoms with Crippen molar-refractivity contribution in [3.05, 3.63) is 12.4 Å². The molecule has 84 valence electrons. The molecule has 1 rings (SSSR count). The van der Waals surface area contributed by atoms with E-state index in [0.29, 0.717) is 11.7 Å². The van der Waals surface area contributed by atoms with E-state index in [0.717, 1.165) is 0 Å². The van der Waals surface area contributed by atoms with E-state index >= 15 is 0 Å². The van der Waals surface area contributed by atoms with Crippen molar-refractivity contribution in [1.82, 2.24) is 9.97 Å². The van der Waals surface area contributed by atoms with Gasteiger partial charge in [0.2, 0.25) is 5.88 Å². The minimum Gasteiger partial charge on any atom is -0.475 e. The van der Waals surface area contributed by atoms with Crippen LogP contribution in [0.25, 0.3) is 0 Å². The Hall–Kier alpha value is -1.46. The quantitative estimate of drug-likeness (QED) is 0.818. The zero-order chi connectivity index (χ0) is 11.3. The molecule has 1 N–H and O–H groups in total. The van der Waals surface area contributed by atoms with Crippen molar-refractivity contribution in [3.63, 3.8) is 0 Å². The van der Waals surface area contributed by atoms with Crippen molar-refractivity contribution in [2.75, 3.05) is 11.9 Å². The molecular weight excluding hydrogens is 204 g/mol. The number of anilines is 1. The highest BCUT2D eigenvalue weighted by atomic mass is 19.3. The van der Waals surface area contributed by atoms with E-state index in [1.54, 1.807) is 0 Å². The first-order chi connectivity index (χ1) is 7.08. The molecule has 15 heavy (non-hydrogen) atoms. The molecule has 0 spiro atoms. The highest BCUT2D eigenvalue weighted by Crippen LogP contribution is 2.12. The molecule has 6 heteroatoms. The molecule has 0 saturated carbocycles. The molecule has 0 aliphatic carbocycles. The van der Waals surface area contributed by atoms with Crippen LogP contribution in [0, 0.1) is 0 Å². The Morgan fingerprint density at radius 1 is 1.40 bits per heavy atom. The summed E-state index contributed by atoms with van der Waals surface area (Å²) in [5, 5.41) is 2.48. The highest BCUT2D eigenvalue weighted by molar-refractivity contribution is 5.37. The van der Waals surface area contributed by atoms with E-state index < -0.39 is 13.0 Å². The second kappa shape index (κ2) is 5.43. The molecule has 0 saturated heterocycles. The Bertz CT molecular complexity index is 307. The number of aromatic nitrogens is 2.